The molecular formula is C13H18ClN3. The van der Waals surface area contributed by atoms with E-state index in [0.717, 1.165) is 23.3 Å². The summed E-state index contributed by atoms with van der Waals surface area (Å²) in [5.41, 5.74) is 8.13. The second-order valence-corrected chi connectivity index (χ2v) is 5.96. The van der Waals surface area contributed by atoms with Gasteiger partial charge in [0.2, 0.25) is 0 Å². The lowest BCUT2D eigenvalue weighted by atomic mass is 9.85. The Labute approximate surface area is 106 Å². The Morgan fingerprint density at radius 3 is 2.76 bits per heavy atom. The van der Waals surface area contributed by atoms with Crippen molar-refractivity contribution in [1.29, 1.82) is 0 Å². The number of nitrogens with one attached hydrogen (secondary N) is 1. The van der Waals surface area contributed by atoms with E-state index in [2.05, 4.69) is 30.7 Å². The van der Waals surface area contributed by atoms with Crippen LogP contribution >= 0.6 is 11.6 Å². The largest absolute Gasteiger partial charge is 0.342 e. The van der Waals surface area contributed by atoms with Crippen LogP contribution < -0.4 is 5.73 Å². The summed E-state index contributed by atoms with van der Waals surface area (Å²) in [5.74, 6) is 0.921. The van der Waals surface area contributed by atoms with Crippen molar-refractivity contribution in [2.45, 2.75) is 33.2 Å². The predicted molar refractivity (Wildman–Crippen MR) is 72.2 cm³/mol. The summed E-state index contributed by atoms with van der Waals surface area (Å²) in [6, 6.07) is 5.73. The number of hydrogen-bond donors (Lipinski definition) is 2. The highest BCUT2D eigenvalue weighted by Crippen LogP contribution is 2.22. The molecule has 0 aliphatic rings. The zero-order valence-electron chi connectivity index (χ0n) is 10.4. The average Bonchev–Trinajstić information content (AvgIpc) is 2.57. The highest BCUT2D eigenvalue weighted by atomic mass is 35.5. The molecule has 0 amide bonds. The molecule has 0 fully saturated rings. The number of nitrogens with two attached hydrogens (primary N) is 1. The molecular weight excluding hydrogens is 234 g/mol. The zero-order valence-corrected chi connectivity index (χ0v) is 11.2. The van der Waals surface area contributed by atoms with Gasteiger partial charge in [0, 0.05) is 17.5 Å². The number of hydrogen-bond acceptors (Lipinski definition) is 2. The normalized spacial score (nSPS) is 14.2. The van der Waals surface area contributed by atoms with Crippen molar-refractivity contribution in [2.75, 3.05) is 0 Å². The summed E-state index contributed by atoms with van der Waals surface area (Å²) in [7, 11) is 0. The minimum absolute atomic E-state index is 0.0800. The smallest absolute Gasteiger partial charge is 0.108 e. The molecule has 1 unspecified atom stereocenters. The Morgan fingerprint density at radius 2 is 2.12 bits per heavy atom. The monoisotopic (exact) mass is 251 g/mol. The topological polar surface area (TPSA) is 54.7 Å². The van der Waals surface area contributed by atoms with Gasteiger partial charge in [0.25, 0.3) is 0 Å². The molecule has 17 heavy (non-hydrogen) atoms. The van der Waals surface area contributed by atoms with E-state index < -0.39 is 0 Å². The van der Waals surface area contributed by atoms with E-state index in [4.69, 9.17) is 17.3 Å². The Balaban J connectivity index is 2.25. The molecule has 2 rings (SSSR count). The maximum atomic E-state index is 6.15. The summed E-state index contributed by atoms with van der Waals surface area (Å²) >= 11 is 5.93. The molecule has 0 aliphatic carbocycles. The van der Waals surface area contributed by atoms with Gasteiger partial charge in [0.15, 0.2) is 0 Å². The number of imidazole rings is 1. The van der Waals surface area contributed by atoms with Gasteiger partial charge in [-0.3, -0.25) is 0 Å². The van der Waals surface area contributed by atoms with E-state index in [1.54, 1.807) is 0 Å². The molecule has 3 nitrogen and oxygen atoms in total. The van der Waals surface area contributed by atoms with Crippen LogP contribution in [-0.2, 0) is 6.42 Å². The summed E-state index contributed by atoms with van der Waals surface area (Å²) < 4.78 is 0. The van der Waals surface area contributed by atoms with Gasteiger partial charge in [-0.2, -0.15) is 0 Å². The maximum absolute atomic E-state index is 6.15. The first-order valence-corrected chi connectivity index (χ1v) is 6.14. The van der Waals surface area contributed by atoms with Crippen LogP contribution in [0.2, 0.25) is 5.02 Å². The van der Waals surface area contributed by atoms with E-state index in [-0.39, 0.29) is 11.5 Å². The highest BCUT2D eigenvalue weighted by Gasteiger charge is 2.21. The second-order valence-electron chi connectivity index (χ2n) is 5.52. The Hall–Kier alpha value is -1.06. The number of rotatable bonds is 2. The number of halogens is 1. The first kappa shape index (κ1) is 12.4. The van der Waals surface area contributed by atoms with Crippen molar-refractivity contribution < 1.29 is 0 Å². The molecule has 1 heterocycles. The third kappa shape index (κ3) is 2.79. The fourth-order valence-corrected chi connectivity index (χ4v) is 1.82. The fourth-order valence-electron chi connectivity index (χ4n) is 1.65. The van der Waals surface area contributed by atoms with Crippen molar-refractivity contribution in [3.63, 3.8) is 0 Å². The lowest BCUT2D eigenvalue weighted by Crippen LogP contribution is -2.37. The molecule has 0 bridgehead atoms. The molecule has 0 radical (unpaired) electrons. The number of benzene rings is 1. The highest BCUT2D eigenvalue weighted by molar-refractivity contribution is 6.31. The van der Waals surface area contributed by atoms with Crippen molar-refractivity contribution >= 4 is 22.6 Å². The van der Waals surface area contributed by atoms with Crippen LogP contribution in [-0.4, -0.2) is 16.0 Å². The molecule has 1 aromatic heterocycles. The molecule has 1 aromatic carbocycles. The molecule has 0 aliphatic heterocycles. The second kappa shape index (κ2) is 4.31. The van der Waals surface area contributed by atoms with Gasteiger partial charge in [-0.25, -0.2) is 4.98 Å². The summed E-state index contributed by atoms with van der Waals surface area (Å²) in [6.07, 6.45) is 0.746. The first-order valence-electron chi connectivity index (χ1n) is 5.76. The van der Waals surface area contributed by atoms with Crippen LogP contribution in [0.15, 0.2) is 18.2 Å². The van der Waals surface area contributed by atoms with E-state index in [1.807, 2.05) is 18.2 Å². The van der Waals surface area contributed by atoms with E-state index in [0.29, 0.717) is 5.02 Å². The Morgan fingerprint density at radius 1 is 1.41 bits per heavy atom. The Bertz CT molecular complexity index is 525. The molecule has 4 heteroatoms. The van der Waals surface area contributed by atoms with Gasteiger partial charge in [-0.15, -0.1) is 0 Å². The van der Waals surface area contributed by atoms with E-state index >= 15 is 0 Å². The van der Waals surface area contributed by atoms with Gasteiger partial charge in [0.05, 0.1) is 11.0 Å². The summed E-state index contributed by atoms with van der Waals surface area (Å²) in [4.78, 5) is 7.78. The SMILES string of the molecule is CC(C)(C)C(N)Cc1nc2ccc(Cl)cc2[nH]1. The van der Waals surface area contributed by atoms with E-state index in [9.17, 15) is 0 Å². The third-order valence-corrected chi connectivity index (χ3v) is 3.25. The molecule has 0 saturated heterocycles. The minimum Gasteiger partial charge on any atom is -0.342 e. The van der Waals surface area contributed by atoms with Gasteiger partial charge in [-0.05, 0) is 23.6 Å². The Kier molecular flexibility index (Phi) is 3.15. The number of aromatic nitrogens is 2. The van der Waals surface area contributed by atoms with Crippen molar-refractivity contribution in [3.8, 4) is 0 Å². The lowest BCUT2D eigenvalue weighted by molar-refractivity contribution is 0.315. The predicted octanol–water partition coefficient (Wildman–Crippen LogP) is 3.13. The van der Waals surface area contributed by atoms with Gasteiger partial charge < -0.3 is 10.7 Å². The fraction of sp³-hybridized carbons (Fsp3) is 0.462. The van der Waals surface area contributed by atoms with Crippen LogP contribution in [0.3, 0.4) is 0 Å². The lowest BCUT2D eigenvalue weighted by Gasteiger charge is -2.26. The standard InChI is InChI=1S/C13H18ClN3/c1-13(2,3)11(15)7-12-16-9-5-4-8(14)6-10(9)17-12/h4-6,11H,7,15H2,1-3H3,(H,16,17). The first-order chi connectivity index (χ1) is 7.86. The van der Waals surface area contributed by atoms with Crippen LogP contribution in [0.25, 0.3) is 11.0 Å². The van der Waals surface area contributed by atoms with Gasteiger partial charge in [0.1, 0.15) is 5.82 Å². The van der Waals surface area contributed by atoms with Crippen molar-refractivity contribution in [3.05, 3.63) is 29.0 Å². The molecule has 3 N–H and O–H groups in total. The molecule has 1 atom stereocenters. The molecule has 0 saturated carbocycles. The number of H-pyrrole nitrogens is 1. The third-order valence-electron chi connectivity index (χ3n) is 3.02. The van der Waals surface area contributed by atoms with Crippen molar-refractivity contribution in [1.82, 2.24) is 9.97 Å². The van der Waals surface area contributed by atoms with E-state index in [1.165, 1.54) is 0 Å². The average molecular weight is 252 g/mol. The quantitative estimate of drug-likeness (QED) is 0.862. The van der Waals surface area contributed by atoms with Crippen LogP contribution in [0.4, 0.5) is 0 Å². The van der Waals surface area contributed by atoms with Gasteiger partial charge in [-0.1, -0.05) is 32.4 Å². The molecule has 92 valence electrons. The minimum atomic E-state index is 0.0800. The number of nitrogens with zero attached hydrogens (tertiary/aromatic N) is 1. The van der Waals surface area contributed by atoms with Crippen LogP contribution in [0, 0.1) is 5.41 Å². The maximum Gasteiger partial charge on any atom is 0.108 e. The number of aromatic amines is 1. The van der Waals surface area contributed by atoms with Gasteiger partial charge >= 0.3 is 0 Å². The molecule has 2 aromatic rings. The molecule has 0 spiro atoms. The van der Waals surface area contributed by atoms with Crippen molar-refractivity contribution in [2.24, 2.45) is 11.1 Å². The van der Waals surface area contributed by atoms with Crippen LogP contribution in [0.1, 0.15) is 26.6 Å². The van der Waals surface area contributed by atoms with Crippen LogP contribution in [0.5, 0.6) is 0 Å². The summed E-state index contributed by atoms with van der Waals surface area (Å²) in [5, 5.41) is 0.716. The summed E-state index contributed by atoms with van der Waals surface area (Å²) in [6.45, 7) is 6.41. The zero-order chi connectivity index (χ0) is 12.6. The number of fused-ring (bicyclic) bond motifs is 1.